The topological polar surface area (TPSA) is 109 Å². The van der Waals surface area contributed by atoms with Crippen molar-refractivity contribution in [2.45, 2.75) is 12.5 Å². The molecule has 2 aromatic carbocycles. The summed E-state index contributed by atoms with van der Waals surface area (Å²) in [7, 11) is 2.99. The number of hydrogen-bond donors (Lipinski definition) is 2. The largest absolute Gasteiger partial charge is 0.507 e. The molecule has 2 aromatic rings. The van der Waals surface area contributed by atoms with E-state index in [2.05, 4.69) is 4.90 Å². The van der Waals surface area contributed by atoms with Crippen LogP contribution in [0.2, 0.25) is 0 Å². The van der Waals surface area contributed by atoms with E-state index in [1.165, 1.54) is 31.3 Å². The summed E-state index contributed by atoms with van der Waals surface area (Å²) in [6.07, 6.45) is 0.654. The van der Waals surface area contributed by atoms with E-state index in [9.17, 15) is 19.8 Å². The monoisotopic (exact) mass is 482 g/mol. The third-order valence-electron chi connectivity index (χ3n) is 6.39. The number of carbonyl (C=O) groups is 2. The molecule has 0 aliphatic carbocycles. The molecule has 186 valence electrons. The quantitative estimate of drug-likeness (QED) is 0.336. The Morgan fingerprint density at radius 3 is 2.43 bits per heavy atom. The molecule has 0 radical (unpaired) electrons. The van der Waals surface area contributed by atoms with E-state index in [0.717, 1.165) is 19.6 Å². The van der Waals surface area contributed by atoms with Crippen molar-refractivity contribution in [1.29, 1.82) is 0 Å². The minimum Gasteiger partial charge on any atom is -0.507 e. The molecule has 4 rings (SSSR count). The van der Waals surface area contributed by atoms with Crippen LogP contribution >= 0.6 is 0 Å². The van der Waals surface area contributed by atoms with Crippen LogP contribution in [0.25, 0.3) is 5.76 Å². The maximum Gasteiger partial charge on any atom is 0.295 e. The first-order valence-electron chi connectivity index (χ1n) is 11.5. The number of nitrogens with zero attached hydrogens (tertiary/aromatic N) is 2. The van der Waals surface area contributed by atoms with Gasteiger partial charge in [0, 0.05) is 32.2 Å². The van der Waals surface area contributed by atoms with Gasteiger partial charge in [0.1, 0.15) is 23.0 Å². The van der Waals surface area contributed by atoms with E-state index in [4.69, 9.17) is 14.2 Å². The summed E-state index contributed by atoms with van der Waals surface area (Å²) in [5.41, 5.74) is 0.601. The van der Waals surface area contributed by atoms with Crippen molar-refractivity contribution < 1.29 is 34.0 Å². The molecule has 0 spiro atoms. The van der Waals surface area contributed by atoms with Crippen LogP contribution in [0, 0.1) is 0 Å². The van der Waals surface area contributed by atoms with Gasteiger partial charge in [-0.05, 0) is 36.2 Å². The molecule has 2 saturated heterocycles. The normalized spacial score (nSPS) is 20.3. The van der Waals surface area contributed by atoms with Crippen LogP contribution in [0.1, 0.15) is 23.6 Å². The number of aromatic hydroxyl groups is 1. The van der Waals surface area contributed by atoms with E-state index < -0.39 is 23.5 Å². The number of rotatable bonds is 8. The molecule has 1 unspecified atom stereocenters. The van der Waals surface area contributed by atoms with Gasteiger partial charge in [0.05, 0.1) is 44.6 Å². The second-order valence-electron chi connectivity index (χ2n) is 8.46. The summed E-state index contributed by atoms with van der Waals surface area (Å²) in [6.45, 7) is 4.11. The number of hydrogen-bond acceptors (Lipinski definition) is 8. The molecule has 2 aliphatic heterocycles. The average molecular weight is 483 g/mol. The van der Waals surface area contributed by atoms with Gasteiger partial charge < -0.3 is 29.3 Å². The van der Waals surface area contributed by atoms with Crippen LogP contribution in [0.5, 0.6) is 17.2 Å². The second-order valence-corrected chi connectivity index (χ2v) is 8.46. The number of methoxy groups -OCH3 is 2. The zero-order chi connectivity index (χ0) is 24.9. The number of amides is 1. The van der Waals surface area contributed by atoms with Crippen molar-refractivity contribution in [1.82, 2.24) is 9.80 Å². The van der Waals surface area contributed by atoms with Gasteiger partial charge in [0.2, 0.25) is 0 Å². The van der Waals surface area contributed by atoms with Gasteiger partial charge in [-0.15, -0.1) is 0 Å². The molecule has 2 N–H and O–H groups in total. The molecule has 0 aromatic heterocycles. The molecule has 9 heteroatoms. The number of aliphatic hydroxyl groups is 1. The van der Waals surface area contributed by atoms with Crippen molar-refractivity contribution in [3.63, 3.8) is 0 Å². The SMILES string of the molecule is COc1cccc(C2/C(=C(\O)c3ccc(OC)cc3O)C(=O)C(=O)N2CCCN2CCOCC2)c1. The van der Waals surface area contributed by atoms with E-state index in [1.54, 1.807) is 30.3 Å². The minimum absolute atomic E-state index is 0.0463. The fourth-order valence-corrected chi connectivity index (χ4v) is 4.54. The van der Waals surface area contributed by atoms with Gasteiger partial charge in [-0.1, -0.05) is 12.1 Å². The van der Waals surface area contributed by atoms with Crippen molar-refractivity contribution >= 4 is 17.4 Å². The number of ether oxygens (including phenoxy) is 3. The first-order valence-corrected chi connectivity index (χ1v) is 11.5. The fraction of sp³-hybridized carbons (Fsp3) is 0.385. The van der Waals surface area contributed by atoms with E-state index in [1.807, 2.05) is 0 Å². The Kier molecular flexibility index (Phi) is 7.57. The zero-order valence-corrected chi connectivity index (χ0v) is 19.9. The van der Waals surface area contributed by atoms with E-state index in [0.29, 0.717) is 43.2 Å². The summed E-state index contributed by atoms with van der Waals surface area (Å²) >= 11 is 0. The number of benzene rings is 2. The lowest BCUT2D eigenvalue weighted by molar-refractivity contribution is -0.140. The number of Topliss-reactive ketones (excluding diaryl/α,β-unsaturated/α-hetero) is 1. The van der Waals surface area contributed by atoms with Crippen LogP contribution in [0.15, 0.2) is 48.0 Å². The number of ketones is 1. The number of morpholine rings is 1. The van der Waals surface area contributed by atoms with Crippen LogP contribution in [-0.2, 0) is 14.3 Å². The lowest BCUT2D eigenvalue weighted by atomic mass is 9.94. The predicted octanol–water partition coefficient (Wildman–Crippen LogP) is 2.55. The Morgan fingerprint density at radius 2 is 1.74 bits per heavy atom. The summed E-state index contributed by atoms with van der Waals surface area (Å²) in [5, 5.41) is 21.7. The van der Waals surface area contributed by atoms with Crippen molar-refractivity contribution in [3.8, 4) is 17.2 Å². The molecule has 35 heavy (non-hydrogen) atoms. The van der Waals surface area contributed by atoms with Crippen LogP contribution in [-0.4, -0.2) is 85.3 Å². The standard InChI is InChI=1S/C26H30N2O7/c1-33-18-6-3-5-17(15-18)23-22(24(30)20-8-7-19(34-2)16-21(20)29)25(31)26(32)28(23)10-4-9-27-11-13-35-14-12-27/h3,5-8,15-16,23,29-30H,4,9-14H2,1-2H3/b24-22+. The van der Waals surface area contributed by atoms with Crippen molar-refractivity contribution in [3.05, 3.63) is 59.2 Å². The molecule has 2 aliphatic rings. The summed E-state index contributed by atoms with van der Waals surface area (Å²) < 4.78 is 15.8. The second kappa shape index (κ2) is 10.8. The molecular weight excluding hydrogens is 452 g/mol. The lowest BCUT2D eigenvalue weighted by Crippen LogP contribution is -2.38. The highest BCUT2D eigenvalue weighted by Gasteiger charge is 2.46. The highest BCUT2D eigenvalue weighted by atomic mass is 16.5. The summed E-state index contributed by atoms with van der Waals surface area (Å²) in [5.74, 6) is -1.22. The van der Waals surface area contributed by atoms with E-state index >= 15 is 0 Å². The maximum absolute atomic E-state index is 13.2. The van der Waals surface area contributed by atoms with Crippen LogP contribution in [0.3, 0.4) is 0 Å². The van der Waals surface area contributed by atoms with Gasteiger partial charge in [0.15, 0.2) is 0 Å². The predicted molar refractivity (Wildman–Crippen MR) is 129 cm³/mol. The third-order valence-corrected chi connectivity index (χ3v) is 6.39. The minimum atomic E-state index is -0.823. The molecule has 2 heterocycles. The summed E-state index contributed by atoms with van der Waals surface area (Å²) in [4.78, 5) is 30.1. The summed E-state index contributed by atoms with van der Waals surface area (Å²) in [6, 6.07) is 10.6. The van der Waals surface area contributed by atoms with Gasteiger partial charge >= 0.3 is 0 Å². The smallest absolute Gasteiger partial charge is 0.295 e. The molecule has 0 bridgehead atoms. The lowest BCUT2D eigenvalue weighted by Gasteiger charge is -2.29. The highest BCUT2D eigenvalue weighted by molar-refractivity contribution is 6.46. The Hall–Kier alpha value is -3.56. The first-order chi connectivity index (χ1) is 16.9. The van der Waals surface area contributed by atoms with Gasteiger partial charge in [-0.25, -0.2) is 0 Å². The Labute approximate surface area is 204 Å². The number of aliphatic hydroxyl groups excluding tert-OH is 1. The zero-order valence-electron chi connectivity index (χ0n) is 19.9. The third kappa shape index (κ3) is 5.11. The molecule has 1 atom stereocenters. The number of phenolic OH excluding ortho intramolecular Hbond substituents is 1. The van der Waals surface area contributed by atoms with Crippen LogP contribution < -0.4 is 9.47 Å². The van der Waals surface area contributed by atoms with Gasteiger partial charge in [0.25, 0.3) is 11.7 Å². The van der Waals surface area contributed by atoms with Crippen molar-refractivity contribution in [2.75, 3.05) is 53.6 Å². The fourth-order valence-electron chi connectivity index (χ4n) is 4.54. The van der Waals surface area contributed by atoms with Gasteiger partial charge in [-0.3, -0.25) is 14.5 Å². The Balaban J connectivity index is 1.71. The first kappa shape index (κ1) is 24.6. The maximum atomic E-state index is 13.2. The number of likely N-dealkylation sites (tertiary alicyclic amines) is 1. The van der Waals surface area contributed by atoms with Gasteiger partial charge in [-0.2, -0.15) is 0 Å². The molecule has 9 nitrogen and oxygen atoms in total. The molecular formula is C26H30N2O7. The molecule has 2 fully saturated rings. The number of carbonyl (C=O) groups excluding carboxylic acids is 2. The number of phenols is 1. The Bertz CT molecular complexity index is 1120. The molecule has 1 amide bonds. The molecule has 0 saturated carbocycles. The highest BCUT2D eigenvalue weighted by Crippen LogP contribution is 2.42. The Morgan fingerprint density at radius 1 is 1.03 bits per heavy atom. The van der Waals surface area contributed by atoms with Crippen molar-refractivity contribution in [2.24, 2.45) is 0 Å². The van der Waals surface area contributed by atoms with Crippen LogP contribution in [0.4, 0.5) is 0 Å². The van der Waals surface area contributed by atoms with E-state index in [-0.39, 0.29) is 16.9 Å². The average Bonchev–Trinajstić information content (AvgIpc) is 3.14.